The number of hydrogen-bond donors (Lipinski definition) is 0. The van der Waals surface area contributed by atoms with Gasteiger partial charge in [-0.2, -0.15) is 18.6 Å². The Kier molecular flexibility index (Phi) is 4.69. The zero-order valence-corrected chi connectivity index (χ0v) is 11.7. The topological polar surface area (TPSA) is 0 Å². The van der Waals surface area contributed by atoms with Gasteiger partial charge in [-0.25, -0.2) is 0 Å². The van der Waals surface area contributed by atoms with Crippen molar-refractivity contribution in [2.45, 2.75) is 0 Å². The van der Waals surface area contributed by atoms with E-state index in [9.17, 15) is 0 Å². The molecule has 80 valence electrons. The smallest absolute Gasteiger partial charge is 1.00 e. The first kappa shape index (κ1) is 14.2. The van der Waals surface area contributed by atoms with Crippen molar-refractivity contribution in [2.75, 3.05) is 0 Å². The Labute approximate surface area is 124 Å². The third-order valence-corrected chi connectivity index (χ3v) is 2.85. The molecule has 17 heavy (non-hydrogen) atoms. The molecule has 3 aromatic carbocycles. The van der Waals surface area contributed by atoms with Gasteiger partial charge in [0.2, 0.25) is 0 Å². The fraction of sp³-hybridized carbons (Fsp3) is 0. The Morgan fingerprint density at radius 2 is 1.24 bits per heavy atom. The maximum atomic E-state index is 4.10. The van der Waals surface area contributed by atoms with Gasteiger partial charge in [0.25, 0.3) is 0 Å². The van der Waals surface area contributed by atoms with Crippen molar-refractivity contribution in [3.05, 3.63) is 67.1 Å². The summed E-state index contributed by atoms with van der Waals surface area (Å²) < 4.78 is 0. The van der Waals surface area contributed by atoms with E-state index >= 15 is 0 Å². The van der Waals surface area contributed by atoms with Crippen LogP contribution < -0.4 is 12.4 Å². The van der Waals surface area contributed by atoms with Crippen molar-refractivity contribution in [1.29, 1.82) is 0 Å². The van der Waals surface area contributed by atoms with Crippen molar-refractivity contribution in [2.24, 2.45) is 0 Å². The molecule has 0 aliphatic rings. The molecule has 0 atom stereocenters. The van der Waals surface area contributed by atoms with Crippen LogP contribution in [0.15, 0.2) is 54.6 Å². The van der Waals surface area contributed by atoms with Gasteiger partial charge < -0.3 is 12.4 Å². The minimum Gasteiger partial charge on any atom is -1.00 e. The molecule has 0 aliphatic carbocycles. The van der Waals surface area contributed by atoms with E-state index in [1.165, 1.54) is 21.5 Å². The average molecular weight is 251 g/mol. The van der Waals surface area contributed by atoms with Crippen LogP contribution >= 0.6 is 0 Å². The van der Waals surface area contributed by atoms with Gasteiger partial charge in [0, 0.05) is 0 Å². The molecule has 0 aromatic heterocycles. The monoisotopic (exact) mass is 250 g/mol. The molecule has 0 unspecified atom stereocenters. The van der Waals surface area contributed by atoms with E-state index in [1.807, 2.05) is 0 Å². The van der Waals surface area contributed by atoms with E-state index in [4.69, 9.17) is 0 Å². The number of hydrogen-bond acceptors (Lipinski definition) is 0. The second-order valence-electron chi connectivity index (χ2n) is 3.80. The van der Waals surface area contributed by atoms with Crippen molar-refractivity contribution in [3.63, 3.8) is 0 Å². The molecule has 0 saturated carbocycles. The normalized spacial score (nSPS) is 9.65. The molecule has 3 rings (SSSR count). The Bertz CT molecular complexity index is 647. The van der Waals surface area contributed by atoms with E-state index in [2.05, 4.69) is 61.5 Å². The van der Waals surface area contributed by atoms with Crippen LogP contribution in [0.25, 0.3) is 21.5 Å². The van der Waals surface area contributed by atoms with Crippen LogP contribution in [0.5, 0.6) is 0 Å². The van der Waals surface area contributed by atoms with Gasteiger partial charge in [-0.1, -0.05) is 53.2 Å². The Morgan fingerprint density at radius 3 is 1.94 bits per heavy atom. The molecule has 0 amide bonds. The van der Waals surface area contributed by atoms with E-state index in [1.54, 1.807) is 0 Å². The maximum Gasteiger partial charge on any atom is 2.00 e. The van der Waals surface area contributed by atoms with E-state index in [-0.39, 0.29) is 35.5 Å². The predicted octanol–water partition coefficient (Wildman–Crippen LogP) is 0.798. The van der Waals surface area contributed by atoms with Gasteiger partial charge in [0.15, 0.2) is 0 Å². The first-order valence-electron chi connectivity index (χ1n) is 5.09. The summed E-state index contributed by atoms with van der Waals surface area (Å²) in [5.41, 5.74) is 1.10. The minimum atomic E-state index is 0. The third kappa shape index (κ3) is 2.37. The average Bonchev–Trinajstić information content (AvgIpc) is 2.30. The molecule has 0 fully saturated rings. The molecule has 0 bridgehead atoms. The molecule has 0 saturated heterocycles. The van der Waals surface area contributed by atoms with Gasteiger partial charge in [-0.3, -0.25) is 0 Å². The SMILES string of the molecule is [CH2-]c1cc2ccccc2c2ccccc12.[Cl-].[Mg+2]. The van der Waals surface area contributed by atoms with Crippen molar-refractivity contribution >= 4 is 44.6 Å². The quantitative estimate of drug-likeness (QED) is 0.315. The van der Waals surface area contributed by atoms with Crippen molar-refractivity contribution < 1.29 is 12.4 Å². The maximum absolute atomic E-state index is 4.10. The molecule has 0 spiro atoms. The van der Waals surface area contributed by atoms with Crippen LogP contribution in [0.3, 0.4) is 0 Å². The van der Waals surface area contributed by atoms with Gasteiger partial charge in [0.1, 0.15) is 0 Å². The third-order valence-electron chi connectivity index (χ3n) is 2.85. The minimum absolute atomic E-state index is 0. The van der Waals surface area contributed by atoms with E-state index in [0.717, 1.165) is 5.56 Å². The summed E-state index contributed by atoms with van der Waals surface area (Å²) in [6, 6.07) is 19.0. The molecular formula is C15H11ClMg. The number of benzene rings is 3. The fourth-order valence-electron chi connectivity index (χ4n) is 2.13. The predicted molar refractivity (Wildman–Crippen MR) is 71.7 cm³/mol. The zero-order chi connectivity index (χ0) is 10.3. The van der Waals surface area contributed by atoms with Crippen LogP contribution in [0, 0.1) is 6.92 Å². The first-order valence-corrected chi connectivity index (χ1v) is 5.09. The molecule has 0 N–H and O–H groups in total. The molecule has 2 heteroatoms. The molecule has 0 radical (unpaired) electrons. The summed E-state index contributed by atoms with van der Waals surface area (Å²) in [7, 11) is 0. The summed E-state index contributed by atoms with van der Waals surface area (Å²) in [6.07, 6.45) is 0. The second-order valence-corrected chi connectivity index (χ2v) is 3.80. The largest absolute Gasteiger partial charge is 2.00 e. The Balaban J connectivity index is 0.000000722. The van der Waals surface area contributed by atoms with Crippen molar-refractivity contribution in [1.82, 2.24) is 0 Å². The van der Waals surface area contributed by atoms with E-state index < -0.39 is 0 Å². The van der Waals surface area contributed by atoms with Crippen LogP contribution in [-0.4, -0.2) is 23.1 Å². The van der Waals surface area contributed by atoms with Crippen LogP contribution in [0.1, 0.15) is 5.56 Å². The van der Waals surface area contributed by atoms with E-state index in [0.29, 0.717) is 0 Å². The molecule has 3 aromatic rings. The Hall–Kier alpha value is -0.894. The molecule has 0 aliphatic heterocycles. The molecule has 0 heterocycles. The summed E-state index contributed by atoms with van der Waals surface area (Å²) in [4.78, 5) is 0. The first-order chi connectivity index (χ1) is 7.36. The number of rotatable bonds is 0. The number of fused-ring (bicyclic) bond motifs is 3. The second kappa shape index (κ2) is 5.63. The van der Waals surface area contributed by atoms with Gasteiger partial charge in [0.05, 0.1) is 0 Å². The van der Waals surface area contributed by atoms with Crippen molar-refractivity contribution in [3.8, 4) is 0 Å². The zero-order valence-electron chi connectivity index (χ0n) is 9.49. The summed E-state index contributed by atoms with van der Waals surface area (Å²) in [6.45, 7) is 4.10. The fourth-order valence-corrected chi connectivity index (χ4v) is 2.13. The van der Waals surface area contributed by atoms with Gasteiger partial charge in [-0.15, -0.1) is 11.5 Å². The molecular weight excluding hydrogens is 240 g/mol. The van der Waals surface area contributed by atoms with Gasteiger partial charge in [-0.05, 0) is 5.39 Å². The van der Waals surface area contributed by atoms with Crippen LogP contribution in [0.4, 0.5) is 0 Å². The summed E-state index contributed by atoms with van der Waals surface area (Å²) in [5.74, 6) is 0. The van der Waals surface area contributed by atoms with Crippen LogP contribution in [-0.2, 0) is 0 Å². The summed E-state index contributed by atoms with van der Waals surface area (Å²) >= 11 is 0. The summed E-state index contributed by atoms with van der Waals surface area (Å²) in [5, 5.41) is 5.11. The Morgan fingerprint density at radius 1 is 0.706 bits per heavy atom. The standard InChI is InChI=1S/C15H11.ClH.Mg/c1-11-10-12-6-2-3-8-14(12)15-9-5-4-7-13(11)15;;/h2-10H,1H2;1H;/q-1;;+2/p-1. The number of halogens is 1. The molecule has 0 nitrogen and oxygen atoms in total. The van der Waals surface area contributed by atoms with Crippen LogP contribution in [0.2, 0.25) is 0 Å². The van der Waals surface area contributed by atoms with Gasteiger partial charge >= 0.3 is 23.1 Å².